The van der Waals surface area contributed by atoms with Gasteiger partial charge < -0.3 is 19.5 Å². The quantitative estimate of drug-likeness (QED) is 0.740. The van der Waals surface area contributed by atoms with Crippen molar-refractivity contribution in [1.29, 1.82) is 0 Å². The van der Waals surface area contributed by atoms with E-state index in [9.17, 15) is 4.79 Å². The average molecular weight is 391 g/mol. The first-order valence-corrected chi connectivity index (χ1v) is 10.5. The van der Waals surface area contributed by atoms with E-state index in [4.69, 9.17) is 14.2 Å². The summed E-state index contributed by atoms with van der Waals surface area (Å²) >= 11 is 0. The fourth-order valence-corrected chi connectivity index (χ4v) is 4.50. The van der Waals surface area contributed by atoms with Crippen molar-refractivity contribution in [2.75, 3.05) is 47.1 Å². The normalized spacial score (nSPS) is 19.8. The molecular weight excluding hydrogens is 356 g/mol. The third-order valence-corrected chi connectivity index (χ3v) is 6.17. The summed E-state index contributed by atoms with van der Waals surface area (Å²) in [5, 5.41) is 3.23. The van der Waals surface area contributed by atoms with E-state index >= 15 is 0 Å². The van der Waals surface area contributed by atoms with Crippen LogP contribution in [-0.4, -0.2) is 63.4 Å². The Kier molecular flexibility index (Phi) is 7.57. The van der Waals surface area contributed by atoms with Crippen LogP contribution >= 0.6 is 0 Å². The highest BCUT2D eigenvalue weighted by Gasteiger charge is 2.38. The van der Waals surface area contributed by atoms with Crippen LogP contribution in [0, 0.1) is 0 Å². The van der Waals surface area contributed by atoms with Gasteiger partial charge in [0.25, 0.3) is 0 Å². The lowest BCUT2D eigenvalue weighted by molar-refractivity contribution is -0.122. The van der Waals surface area contributed by atoms with Crippen molar-refractivity contribution >= 4 is 5.91 Å². The lowest BCUT2D eigenvalue weighted by atomic mass is 9.79. The van der Waals surface area contributed by atoms with Gasteiger partial charge in [-0.3, -0.25) is 9.69 Å². The van der Waals surface area contributed by atoms with Gasteiger partial charge in [0.15, 0.2) is 11.5 Å². The first-order chi connectivity index (χ1) is 13.7. The third kappa shape index (κ3) is 5.17. The monoisotopic (exact) mass is 390 g/mol. The van der Waals surface area contributed by atoms with Crippen LogP contribution in [0.4, 0.5) is 0 Å². The largest absolute Gasteiger partial charge is 0.493 e. The van der Waals surface area contributed by atoms with Gasteiger partial charge in [0.2, 0.25) is 5.91 Å². The molecule has 6 heteroatoms. The second kappa shape index (κ2) is 10.1. The average Bonchev–Trinajstić information content (AvgIpc) is 2.77. The molecule has 1 N–H and O–H groups in total. The van der Waals surface area contributed by atoms with Crippen LogP contribution in [0.5, 0.6) is 11.5 Å². The molecule has 1 aromatic carbocycles. The van der Waals surface area contributed by atoms with Crippen LogP contribution in [0.15, 0.2) is 18.2 Å². The Labute approximate surface area is 168 Å². The number of nitrogens with zero attached hydrogens (tertiary/aromatic N) is 1. The van der Waals surface area contributed by atoms with E-state index in [0.717, 1.165) is 38.4 Å². The summed E-state index contributed by atoms with van der Waals surface area (Å²) in [5.74, 6) is 1.53. The summed E-state index contributed by atoms with van der Waals surface area (Å²) in [6.07, 6.45) is 7.31. The summed E-state index contributed by atoms with van der Waals surface area (Å²) in [6, 6.07) is 5.83. The van der Waals surface area contributed by atoms with Gasteiger partial charge in [-0.05, 0) is 37.0 Å². The topological polar surface area (TPSA) is 60.0 Å². The number of benzene rings is 1. The van der Waals surface area contributed by atoms with Crippen molar-refractivity contribution in [2.24, 2.45) is 0 Å². The maximum atomic E-state index is 12.6. The summed E-state index contributed by atoms with van der Waals surface area (Å²) in [7, 11) is 3.25. The van der Waals surface area contributed by atoms with Gasteiger partial charge in [0.1, 0.15) is 0 Å². The predicted molar refractivity (Wildman–Crippen MR) is 109 cm³/mol. The molecule has 1 heterocycles. The highest BCUT2D eigenvalue weighted by molar-refractivity contribution is 5.76. The number of amides is 1. The zero-order valence-electron chi connectivity index (χ0n) is 17.3. The molecule has 0 radical (unpaired) electrons. The summed E-state index contributed by atoms with van der Waals surface area (Å²) in [4.78, 5) is 15.1. The maximum absolute atomic E-state index is 12.6. The maximum Gasteiger partial charge on any atom is 0.220 e. The second-order valence-corrected chi connectivity index (χ2v) is 7.85. The first-order valence-electron chi connectivity index (χ1n) is 10.5. The van der Waals surface area contributed by atoms with Gasteiger partial charge in [-0.25, -0.2) is 0 Å². The minimum Gasteiger partial charge on any atom is -0.493 e. The number of carbonyl (C=O) groups excluding carboxylic acids is 1. The van der Waals surface area contributed by atoms with Crippen LogP contribution < -0.4 is 14.8 Å². The smallest absolute Gasteiger partial charge is 0.220 e. The van der Waals surface area contributed by atoms with Crippen LogP contribution in [0.1, 0.15) is 44.1 Å². The lowest BCUT2D eigenvalue weighted by Crippen LogP contribution is -2.59. The molecule has 156 valence electrons. The molecule has 1 aromatic rings. The number of aryl methyl sites for hydroxylation is 1. The molecule has 28 heavy (non-hydrogen) atoms. The van der Waals surface area contributed by atoms with E-state index in [0.29, 0.717) is 24.3 Å². The lowest BCUT2D eigenvalue weighted by Gasteiger charge is -2.48. The van der Waals surface area contributed by atoms with Gasteiger partial charge in [0, 0.05) is 31.6 Å². The Bertz CT molecular complexity index is 637. The number of hydrogen-bond donors (Lipinski definition) is 1. The second-order valence-electron chi connectivity index (χ2n) is 7.85. The van der Waals surface area contributed by atoms with Crippen LogP contribution in [0.25, 0.3) is 0 Å². The molecule has 1 aliphatic heterocycles. The molecule has 6 nitrogen and oxygen atoms in total. The molecule has 0 unspecified atom stereocenters. The van der Waals surface area contributed by atoms with E-state index in [2.05, 4.69) is 10.2 Å². The van der Waals surface area contributed by atoms with Gasteiger partial charge in [-0.1, -0.05) is 25.3 Å². The van der Waals surface area contributed by atoms with Crippen molar-refractivity contribution in [3.8, 4) is 11.5 Å². The summed E-state index contributed by atoms with van der Waals surface area (Å²) < 4.78 is 16.2. The Hall–Kier alpha value is -1.79. The van der Waals surface area contributed by atoms with Gasteiger partial charge in [-0.2, -0.15) is 0 Å². The Morgan fingerprint density at radius 1 is 1.11 bits per heavy atom. The first kappa shape index (κ1) is 20.9. The van der Waals surface area contributed by atoms with Crippen molar-refractivity contribution in [3.63, 3.8) is 0 Å². The number of ether oxygens (including phenoxy) is 3. The van der Waals surface area contributed by atoms with Crippen molar-refractivity contribution in [2.45, 2.75) is 50.5 Å². The number of methoxy groups -OCH3 is 2. The highest BCUT2D eigenvalue weighted by Crippen LogP contribution is 2.34. The molecular formula is C22H34N2O4. The third-order valence-electron chi connectivity index (χ3n) is 6.17. The van der Waals surface area contributed by atoms with Gasteiger partial charge in [0.05, 0.1) is 27.4 Å². The number of carbonyl (C=O) groups is 1. The van der Waals surface area contributed by atoms with E-state index in [1.54, 1.807) is 14.2 Å². The van der Waals surface area contributed by atoms with E-state index < -0.39 is 0 Å². The fraction of sp³-hybridized carbons (Fsp3) is 0.682. The molecule has 0 bridgehead atoms. The minimum absolute atomic E-state index is 0.112. The zero-order chi connectivity index (χ0) is 19.8. The van der Waals surface area contributed by atoms with Crippen molar-refractivity contribution in [1.82, 2.24) is 10.2 Å². The molecule has 0 aromatic heterocycles. The SMILES string of the molecule is COc1ccc(CCC(=O)NCC2(N3CCOCC3)CCCCC2)cc1OC. The van der Waals surface area contributed by atoms with Gasteiger partial charge in [-0.15, -0.1) is 0 Å². The molecule has 1 aliphatic carbocycles. The number of rotatable bonds is 8. The molecule has 3 rings (SSSR count). The van der Waals surface area contributed by atoms with Crippen LogP contribution in [0.2, 0.25) is 0 Å². The zero-order valence-corrected chi connectivity index (χ0v) is 17.3. The Balaban J connectivity index is 1.53. The van der Waals surface area contributed by atoms with E-state index in [1.165, 1.54) is 32.1 Å². The molecule has 2 aliphatic rings. The van der Waals surface area contributed by atoms with E-state index in [-0.39, 0.29) is 11.4 Å². The van der Waals surface area contributed by atoms with Crippen molar-refractivity contribution < 1.29 is 19.0 Å². The minimum atomic E-state index is 0.112. The molecule has 1 saturated carbocycles. The molecule has 0 spiro atoms. The summed E-state index contributed by atoms with van der Waals surface area (Å²) in [5.41, 5.74) is 1.19. The van der Waals surface area contributed by atoms with Crippen LogP contribution in [-0.2, 0) is 16.0 Å². The predicted octanol–water partition coefficient (Wildman–Crippen LogP) is 2.79. The Morgan fingerprint density at radius 2 is 1.82 bits per heavy atom. The number of morpholine rings is 1. The molecule has 0 atom stereocenters. The molecule has 2 fully saturated rings. The highest BCUT2D eigenvalue weighted by atomic mass is 16.5. The number of nitrogens with one attached hydrogen (secondary N) is 1. The summed E-state index contributed by atoms with van der Waals surface area (Å²) in [6.45, 7) is 4.30. The Morgan fingerprint density at radius 3 is 2.50 bits per heavy atom. The van der Waals surface area contributed by atoms with Crippen LogP contribution in [0.3, 0.4) is 0 Å². The fourth-order valence-electron chi connectivity index (χ4n) is 4.50. The molecule has 1 amide bonds. The molecule has 1 saturated heterocycles. The van der Waals surface area contributed by atoms with Gasteiger partial charge >= 0.3 is 0 Å². The van der Waals surface area contributed by atoms with E-state index in [1.807, 2.05) is 18.2 Å². The van der Waals surface area contributed by atoms with Crippen molar-refractivity contribution in [3.05, 3.63) is 23.8 Å². The number of hydrogen-bond acceptors (Lipinski definition) is 5. The standard InChI is InChI=1S/C22H34N2O4/c1-26-19-8-6-18(16-20(19)27-2)7-9-21(25)23-17-22(10-4-3-5-11-22)24-12-14-28-15-13-24/h6,8,16H,3-5,7,9-15,17H2,1-2H3,(H,23,25).